The summed E-state index contributed by atoms with van der Waals surface area (Å²) in [5.41, 5.74) is 0. The van der Waals surface area contributed by atoms with E-state index in [0.29, 0.717) is 13.2 Å². The number of rotatable bonds is 25. The van der Waals surface area contributed by atoms with Gasteiger partial charge >= 0.3 is 51.4 Å². The van der Waals surface area contributed by atoms with E-state index in [1.807, 2.05) is 6.92 Å². The van der Waals surface area contributed by atoms with Crippen molar-refractivity contribution in [2.75, 3.05) is 33.0 Å². The second-order valence-corrected chi connectivity index (χ2v) is 45.9. The average Bonchev–Trinajstić information content (AvgIpc) is 2.70. The van der Waals surface area contributed by atoms with Crippen LogP contribution in [0.15, 0.2) is 0 Å². The minimum absolute atomic E-state index is 0. The molecule has 0 amide bonds. The Labute approximate surface area is 302 Å². The zero-order chi connectivity index (χ0) is 34.7. The Hall–Kier alpha value is 1.34. The van der Waals surface area contributed by atoms with Gasteiger partial charge in [-0.3, -0.25) is 0 Å². The Morgan fingerprint density at radius 3 is 0.894 bits per heavy atom. The summed E-state index contributed by atoms with van der Waals surface area (Å²) in [5, 5.41) is 8.91. The van der Waals surface area contributed by atoms with Gasteiger partial charge in [0.2, 0.25) is 0 Å². The van der Waals surface area contributed by atoms with Crippen molar-refractivity contribution < 1.29 is 43.4 Å². The molecule has 0 bridgehead atoms. The monoisotopic (exact) mass is 814 g/mol. The molecule has 0 rings (SSSR count). The molecule has 0 aliphatic carbocycles. The topological polar surface area (TPSA) is 103 Å². The van der Waals surface area contributed by atoms with Crippen LogP contribution in [-0.4, -0.2) is 106 Å². The molecule has 0 aromatic heterocycles. The molecule has 0 aliphatic heterocycles. The van der Waals surface area contributed by atoms with E-state index >= 15 is 0 Å². The lowest BCUT2D eigenvalue weighted by atomic mass is 10.5. The Morgan fingerprint density at radius 2 is 0.638 bits per heavy atom. The molecule has 0 saturated carbocycles. The smallest absolute Gasteiger partial charge is 0.314 e. The van der Waals surface area contributed by atoms with E-state index in [-0.39, 0.29) is 28.9 Å². The Balaban J connectivity index is -0.00000308. The van der Waals surface area contributed by atoms with Crippen LogP contribution in [0.25, 0.3) is 0 Å². The number of hydrogen-bond acceptors (Lipinski definition) is 10. The van der Waals surface area contributed by atoms with Gasteiger partial charge in [-0.1, -0.05) is 22.3 Å². The molecule has 10 nitrogen and oxygen atoms in total. The standard InChI is InChI=1S/C26H70O10Si8.3CH4/c1-18-28-22-19-25-37(2,3)30-39(6,7)32-41(10,11)34-43(14,15)36-44(16,17)35-42(12,13)33-40(8,9)31-38(4,5)26-20-23-29-24-21-27;;;/h27H,18-26H2,1-17H3;3*1H4. The summed E-state index contributed by atoms with van der Waals surface area (Å²) in [6.07, 6.45) is 1.93. The third kappa shape index (κ3) is 28.6. The maximum atomic E-state index is 8.91. The van der Waals surface area contributed by atoms with Crippen molar-refractivity contribution in [3.63, 3.8) is 0 Å². The minimum Gasteiger partial charge on any atom is -0.436 e. The van der Waals surface area contributed by atoms with Gasteiger partial charge in [-0.05, 0) is 137 Å². The summed E-state index contributed by atoms with van der Waals surface area (Å²) in [7, 11) is -19.2. The minimum atomic E-state index is -2.63. The first-order chi connectivity index (χ1) is 19.6. The van der Waals surface area contributed by atoms with Crippen molar-refractivity contribution in [3.05, 3.63) is 0 Å². The number of ether oxygens (including phenoxy) is 2. The highest BCUT2D eigenvalue weighted by Gasteiger charge is 2.49. The van der Waals surface area contributed by atoms with Crippen molar-refractivity contribution in [1.29, 1.82) is 0 Å². The molecule has 290 valence electrons. The summed E-state index contributed by atoms with van der Waals surface area (Å²) in [6.45, 7) is 38.8. The van der Waals surface area contributed by atoms with Gasteiger partial charge in [0.05, 0.1) is 13.2 Å². The van der Waals surface area contributed by atoms with Gasteiger partial charge in [0.1, 0.15) is 0 Å². The molecule has 0 radical (unpaired) electrons. The predicted octanol–water partition coefficient (Wildman–Crippen LogP) is 9.46. The van der Waals surface area contributed by atoms with E-state index < -0.39 is 68.0 Å². The van der Waals surface area contributed by atoms with E-state index in [1.165, 1.54) is 0 Å². The molecule has 0 unspecified atom stereocenters. The summed E-state index contributed by atoms with van der Waals surface area (Å²) >= 11 is 0. The van der Waals surface area contributed by atoms with Crippen LogP contribution in [-0.2, 0) is 38.3 Å². The molecule has 0 spiro atoms. The van der Waals surface area contributed by atoms with Crippen molar-refractivity contribution in [3.8, 4) is 0 Å². The van der Waals surface area contributed by atoms with Crippen LogP contribution in [0.2, 0.25) is 117 Å². The normalized spacial score (nSPS) is 13.9. The van der Waals surface area contributed by atoms with Crippen molar-refractivity contribution in [2.24, 2.45) is 0 Å². The second-order valence-electron chi connectivity index (χ2n) is 15.4. The van der Waals surface area contributed by atoms with Gasteiger partial charge in [-0.25, -0.2) is 0 Å². The highest BCUT2D eigenvalue weighted by molar-refractivity contribution is 6.92. The lowest BCUT2D eigenvalue weighted by Crippen LogP contribution is -2.61. The van der Waals surface area contributed by atoms with Crippen LogP contribution in [0.3, 0.4) is 0 Å². The number of aliphatic hydroxyl groups excluding tert-OH is 1. The van der Waals surface area contributed by atoms with Gasteiger partial charge in [-0.15, -0.1) is 0 Å². The first kappa shape index (κ1) is 55.1. The fourth-order valence-electron chi connectivity index (χ4n) is 6.03. The van der Waals surface area contributed by atoms with Gasteiger partial charge in [0, 0.05) is 19.8 Å². The molecule has 18 heteroatoms. The lowest BCUT2D eigenvalue weighted by molar-refractivity contribution is 0.0923. The van der Waals surface area contributed by atoms with E-state index in [0.717, 1.165) is 38.1 Å². The van der Waals surface area contributed by atoms with Crippen LogP contribution in [0, 0.1) is 0 Å². The largest absolute Gasteiger partial charge is 0.436 e. The third-order valence-corrected chi connectivity index (χ3v) is 37.2. The molecule has 0 saturated heterocycles. The summed E-state index contributed by atoms with van der Waals surface area (Å²) in [5.74, 6) is 0. The molecule has 1 N–H and O–H groups in total. The third-order valence-electron chi connectivity index (χ3n) is 6.08. The molecule has 47 heavy (non-hydrogen) atoms. The quantitative estimate of drug-likeness (QED) is 0.0709. The number of hydrogen-bond donors (Lipinski definition) is 1. The van der Waals surface area contributed by atoms with E-state index in [4.69, 9.17) is 43.4 Å². The number of aliphatic hydroxyl groups is 1. The molecular formula is C29H82O10Si8. The van der Waals surface area contributed by atoms with E-state index in [1.54, 1.807) is 0 Å². The van der Waals surface area contributed by atoms with Crippen LogP contribution in [0.4, 0.5) is 0 Å². The highest BCUT2D eigenvalue weighted by Crippen LogP contribution is 2.30. The second kappa shape index (κ2) is 22.4. The molecule has 0 aliphatic rings. The van der Waals surface area contributed by atoms with Crippen molar-refractivity contribution >= 4 is 68.0 Å². The van der Waals surface area contributed by atoms with Crippen LogP contribution in [0.1, 0.15) is 42.0 Å². The fraction of sp³-hybridized carbons (Fsp3) is 1.00. The molecule has 0 aromatic rings. The molecule has 0 fully saturated rings. The lowest BCUT2D eigenvalue weighted by Gasteiger charge is -2.44. The van der Waals surface area contributed by atoms with Gasteiger partial charge in [0.15, 0.2) is 16.6 Å². The van der Waals surface area contributed by atoms with E-state index in [2.05, 4.69) is 105 Å². The van der Waals surface area contributed by atoms with Crippen LogP contribution < -0.4 is 0 Å². The molecule has 0 atom stereocenters. The first-order valence-corrected chi connectivity index (χ1v) is 39.4. The zero-order valence-electron chi connectivity index (χ0n) is 31.5. The summed E-state index contributed by atoms with van der Waals surface area (Å²) in [4.78, 5) is 0. The van der Waals surface area contributed by atoms with Gasteiger partial charge < -0.3 is 43.4 Å². The van der Waals surface area contributed by atoms with Gasteiger partial charge in [-0.2, -0.15) is 0 Å². The predicted molar refractivity (Wildman–Crippen MR) is 221 cm³/mol. The maximum Gasteiger partial charge on any atom is 0.314 e. The van der Waals surface area contributed by atoms with Crippen molar-refractivity contribution in [2.45, 2.75) is 159 Å². The van der Waals surface area contributed by atoms with Crippen molar-refractivity contribution in [1.82, 2.24) is 0 Å². The van der Waals surface area contributed by atoms with E-state index in [9.17, 15) is 0 Å². The van der Waals surface area contributed by atoms with Crippen LogP contribution >= 0.6 is 0 Å². The zero-order valence-corrected chi connectivity index (χ0v) is 39.5. The first-order valence-electron chi connectivity index (χ1n) is 16.2. The highest BCUT2D eigenvalue weighted by atomic mass is 28.5. The molecule has 0 aromatic carbocycles. The fourth-order valence-corrected chi connectivity index (χ4v) is 46.4. The summed E-state index contributed by atoms with van der Waals surface area (Å²) < 4.78 is 58.1. The molecule has 0 heterocycles. The van der Waals surface area contributed by atoms with Crippen LogP contribution in [0.5, 0.6) is 0 Å². The summed E-state index contributed by atoms with van der Waals surface area (Å²) in [6, 6.07) is 2.02. The van der Waals surface area contributed by atoms with Gasteiger partial charge in [0.25, 0.3) is 0 Å². The SMILES string of the molecule is C.C.C.CCOCCC[Si](C)(C)O[Si](C)(C)O[Si](C)(C)O[Si](C)(C)O[Si](C)(C)O[Si](C)(C)O[Si](C)(C)O[Si](C)(C)CCCOCCO. The molecular weight excluding hydrogens is 733 g/mol. The Morgan fingerprint density at radius 1 is 0.383 bits per heavy atom. The maximum absolute atomic E-state index is 8.91. The Kier molecular flexibility index (Phi) is 26.3. The Bertz CT molecular complexity index is 829. The average molecular weight is 816 g/mol.